The molecule has 0 aliphatic heterocycles. The van der Waals surface area contributed by atoms with E-state index in [1.54, 1.807) is 0 Å². The van der Waals surface area contributed by atoms with Crippen molar-refractivity contribution < 1.29 is 9.53 Å². The van der Waals surface area contributed by atoms with Gasteiger partial charge in [-0.2, -0.15) is 0 Å². The van der Waals surface area contributed by atoms with Crippen LogP contribution in [-0.2, 0) is 4.74 Å². The summed E-state index contributed by atoms with van der Waals surface area (Å²) in [7, 11) is 0. The minimum absolute atomic E-state index is 0.334. The normalized spacial score (nSPS) is 11.9. The molecule has 0 amide bonds. The maximum absolute atomic E-state index is 11.6. The van der Waals surface area contributed by atoms with Crippen molar-refractivity contribution in [3.05, 3.63) is 16.1 Å². The summed E-state index contributed by atoms with van der Waals surface area (Å²) < 4.78 is 5.23. The van der Waals surface area contributed by atoms with Crippen LogP contribution in [0.15, 0.2) is 5.38 Å². The molecule has 1 rings (SSSR count). The first kappa shape index (κ1) is 12.2. The van der Waals surface area contributed by atoms with E-state index in [-0.39, 0.29) is 5.97 Å². The summed E-state index contributed by atoms with van der Waals surface area (Å²) in [5, 5.41) is 2.35. The Balaban J connectivity index is 2.75. The lowest BCUT2D eigenvalue weighted by molar-refractivity contribution is 0.00690. The smallest absolute Gasteiger partial charge is 0.367 e. The van der Waals surface area contributed by atoms with Crippen LogP contribution in [0.25, 0.3) is 0 Å². The largest absolute Gasteiger partial charge is 0.455 e. The zero-order chi connectivity index (χ0) is 11.6. The molecule has 0 saturated carbocycles. The van der Waals surface area contributed by atoms with Gasteiger partial charge in [-0.15, -0.1) is 11.3 Å². The molecule has 0 unspecified atom stereocenters. The molecular formula is C11H17NO2S. The molecule has 0 aliphatic carbocycles. The fourth-order valence-corrected chi connectivity index (χ4v) is 1.82. The second-order valence-corrected chi connectivity index (χ2v) is 5.59. The molecule has 1 heterocycles. The number of thiazole rings is 1. The number of rotatable bonds is 2. The number of hydrogen-bond acceptors (Lipinski definition) is 4. The van der Waals surface area contributed by atoms with Gasteiger partial charge < -0.3 is 4.74 Å². The highest BCUT2D eigenvalue weighted by molar-refractivity contribution is 7.11. The second-order valence-electron chi connectivity index (χ2n) is 4.73. The average molecular weight is 227 g/mol. The Labute approximate surface area is 94.5 Å². The van der Waals surface area contributed by atoms with E-state index >= 15 is 0 Å². The Morgan fingerprint density at radius 3 is 2.47 bits per heavy atom. The number of esters is 1. The second kappa shape index (κ2) is 4.31. The van der Waals surface area contributed by atoms with E-state index in [0.717, 1.165) is 5.69 Å². The Bertz CT molecular complexity index is 350. The van der Waals surface area contributed by atoms with E-state index in [4.69, 9.17) is 4.74 Å². The van der Waals surface area contributed by atoms with Gasteiger partial charge >= 0.3 is 5.97 Å². The molecule has 0 bridgehead atoms. The first-order valence-corrected chi connectivity index (χ1v) is 5.86. The van der Waals surface area contributed by atoms with E-state index in [0.29, 0.717) is 10.9 Å². The number of carbonyl (C=O) groups is 1. The zero-order valence-electron chi connectivity index (χ0n) is 9.83. The molecule has 0 spiro atoms. The minimum atomic E-state index is -0.458. The average Bonchev–Trinajstić information content (AvgIpc) is 2.47. The molecule has 0 atom stereocenters. The molecule has 0 N–H and O–H groups in total. The summed E-state index contributed by atoms with van der Waals surface area (Å²) in [5.74, 6) is 0.0110. The van der Waals surface area contributed by atoms with Crippen molar-refractivity contribution in [2.75, 3.05) is 0 Å². The van der Waals surface area contributed by atoms with Gasteiger partial charge in [-0.3, -0.25) is 0 Å². The van der Waals surface area contributed by atoms with Crippen molar-refractivity contribution in [1.82, 2.24) is 4.98 Å². The van der Waals surface area contributed by atoms with E-state index in [2.05, 4.69) is 4.98 Å². The molecular weight excluding hydrogens is 210 g/mol. The van der Waals surface area contributed by atoms with Gasteiger partial charge in [0, 0.05) is 5.38 Å². The molecule has 3 nitrogen and oxygen atoms in total. The summed E-state index contributed by atoms with van der Waals surface area (Å²) in [5.41, 5.74) is 0.488. The Hall–Kier alpha value is -0.900. The van der Waals surface area contributed by atoms with Gasteiger partial charge in [-0.05, 0) is 26.7 Å². The van der Waals surface area contributed by atoms with Gasteiger partial charge in [-0.1, -0.05) is 13.8 Å². The first-order chi connectivity index (χ1) is 6.79. The lowest BCUT2D eigenvalue weighted by atomic mass is 10.2. The van der Waals surface area contributed by atoms with Crippen LogP contribution in [0.3, 0.4) is 0 Å². The summed E-state index contributed by atoms with van der Waals surface area (Å²) in [6.07, 6.45) is 0. The van der Waals surface area contributed by atoms with Gasteiger partial charge in [0.05, 0.1) is 5.69 Å². The molecule has 0 fully saturated rings. The van der Waals surface area contributed by atoms with Crippen molar-refractivity contribution in [3.63, 3.8) is 0 Å². The van der Waals surface area contributed by atoms with E-state index in [1.165, 1.54) is 11.3 Å². The number of carbonyl (C=O) groups excluding carboxylic acids is 1. The van der Waals surface area contributed by atoms with Crippen LogP contribution in [0.5, 0.6) is 0 Å². The summed E-state index contributed by atoms with van der Waals surface area (Å²) in [6, 6.07) is 0. The number of hydrogen-bond donors (Lipinski definition) is 0. The van der Waals surface area contributed by atoms with Crippen LogP contribution in [0.4, 0.5) is 0 Å². The lowest BCUT2D eigenvalue weighted by Gasteiger charge is -2.18. The van der Waals surface area contributed by atoms with E-state index < -0.39 is 5.60 Å². The van der Waals surface area contributed by atoms with Gasteiger partial charge in [0.25, 0.3) is 0 Å². The quantitative estimate of drug-likeness (QED) is 0.728. The highest BCUT2D eigenvalue weighted by Gasteiger charge is 2.20. The molecule has 4 heteroatoms. The van der Waals surface area contributed by atoms with Crippen LogP contribution in [0.2, 0.25) is 0 Å². The Morgan fingerprint density at radius 1 is 1.47 bits per heavy atom. The monoisotopic (exact) mass is 227 g/mol. The SMILES string of the molecule is CC(C)c1csc(C(=O)OC(C)(C)C)n1. The molecule has 0 aromatic carbocycles. The molecule has 1 aromatic rings. The fourth-order valence-electron chi connectivity index (χ4n) is 0.967. The highest BCUT2D eigenvalue weighted by atomic mass is 32.1. The third-order valence-corrected chi connectivity index (χ3v) is 2.53. The molecule has 1 aromatic heterocycles. The summed E-state index contributed by atoms with van der Waals surface area (Å²) in [4.78, 5) is 15.9. The van der Waals surface area contributed by atoms with Crippen molar-refractivity contribution in [3.8, 4) is 0 Å². The standard InChI is InChI=1S/C11H17NO2S/c1-7(2)8-6-15-9(12-8)10(13)14-11(3,4)5/h6-7H,1-5H3. The predicted molar refractivity (Wildman–Crippen MR) is 61.4 cm³/mol. The van der Waals surface area contributed by atoms with Crippen molar-refractivity contribution in [2.45, 2.75) is 46.1 Å². The van der Waals surface area contributed by atoms with Crippen molar-refractivity contribution in [1.29, 1.82) is 0 Å². The van der Waals surface area contributed by atoms with Crippen LogP contribution in [-0.4, -0.2) is 16.6 Å². The van der Waals surface area contributed by atoms with Gasteiger partial charge in [0.15, 0.2) is 0 Å². The Kier molecular flexibility index (Phi) is 3.50. The molecule has 15 heavy (non-hydrogen) atoms. The fraction of sp³-hybridized carbons (Fsp3) is 0.636. The van der Waals surface area contributed by atoms with Crippen LogP contribution in [0, 0.1) is 0 Å². The van der Waals surface area contributed by atoms with Crippen molar-refractivity contribution in [2.24, 2.45) is 0 Å². The lowest BCUT2D eigenvalue weighted by Crippen LogP contribution is -2.23. The Morgan fingerprint density at radius 2 is 2.07 bits per heavy atom. The van der Waals surface area contributed by atoms with Crippen LogP contribution < -0.4 is 0 Å². The molecule has 0 aliphatic rings. The van der Waals surface area contributed by atoms with Gasteiger partial charge in [-0.25, -0.2) is 9.78 Å². The highest BCUT2D eigenvalue weighted by Crippen LogP contribution is 2.20. The van der Waals surface area contributed by atoms with E-state index in [1.807, 2.05) is 40.0 Å². The third-order valence-electron chi connectivity index (χ3n) is 1.69. The topological polar surface area (TPSA) is 39.2 Å². The summed E-state index contributed by atoms with van der Waals surface area (Å²) >= 11 is 1.34. The number of aromatic nitrogens is 1. The maximum Gasteiger partial charge on any atom is 0.367 e. The molecule has 0 radical (unpaired) electrons. The number of nitrogens with zero attached hydrogens (tertiary/aromatic N) is 1. The molecule has 0 saturated heterocycles. The van der Waals surface area contributed by atoms with Gasteiger partial charge in [0.2, 0.25) is 5.01 Å². The van der Waals surface area contributed by atoms with Gasteiger partial charge in [0.1, 0.15) is 5.60 Å². The maximum atomic E-state index is 11.6. The van der Waals surface area contributed by atoms with Crippen LogP contribution >= 0.6 is 11.3 Å². The zero-order valence-corrected chi connectivity index (χ0v) is 10.6. The van der Waals surface area contributed by atoms with Crippen molar-refractivity contribution >= 4 is 17.3 Å². The third kappa shape index (κ3) is 3.63. The first-order valence-electron chi connectivity index (χ1n) is 4.98. The predicted octanol–water partition coefficient (Wildman–Crippen LogP) is 3.22. The minimum Gasteiger partial charge on any atom is -0.455 e. The van der Waals surface area contributed by atoms with Crippen LogP contribution in [0.1, 0.15) is 56.0 Å². The van der Waals surface area contributed by atoms with E-state index in [9.17, 15) is 4.79 Å². The summed E-state index contributed by atoms with van der Waals surface area (Å²) in [6.45, 7) is 9.65. The number of ether oxygens (including phenoxy) is 1. The molecule has 84 valence electrons.